The Morgan fingerprint density at radius 1 is 1.07 bits per heavy atom. The maximum absolute atomic E-state index is 13.6. The number of sulfonamides is 1. The van der Waals surface area contributed by atoms with Crippen molar-refractivity contribution < 1.29 is 12.8 Å². The average Bonchev–Trinajstić information content (AvgIpc) is 2.68. The maximum Gasteiger partial charge on any atom is 0.213 e. The Bertz CT molecular complexity index is 893. The highest BCUT2D eigenvalue weighted by molar-refractivity contribution is 14.0. The first-order valence-electron chi connectivity index (χ1n) is 9.18. The van der Waals surface area contributed by atoms with Gasteiger partial charge >= 0.3 is 0 Å². The lowest BCUT2D eigenvalue weighted by Gasteiger charge is -2.12. The van der Waals surface area contributed by atoms with Gasteiger partial charge < -0.3 is 10.6 Å². The maximum atomic E-state index is 13.6. The first-order chi connectivity index (χ1) is 13.4. The molecule has 0 aromatic heterocycles. The zero-order valence-corrected chi connectivity index (χ0v) is 19.8. The fourth-order valence-electron chi connectivity index (χ4n) is 2.41. The lowest BCUT2D eigenvalue weighted by atomic mass is 10.1. The van der Waals surface area contributed by atoms with Crippen molar-refractivity contribution in [1.82, 2.24) is 15.4 Å². The van der Waals surface area contributed by atoms with Crippen molar-refractivity contribution in [1.29, 1.82) is 0 Å². The van der Waals surface area contributed by atoms with Gasteiger partial charge in [0.25, 0.3) is 0 Å². The van der Waals surface area contributed by atoms with Crippen molar-refractivity contribution in [3.05, 3.63) is 71.0 Å². The van der Waals surface area contributed by atoms with Crippen LogP contribution in [-0.2, 0) is 23.1 Å². The molecule has 0 aliphatic heterocycles. The van der Waals surface area contributed by atoms with Crippen LogP contribution in [0.2, 0.25) is 0 Å². The first kappa shape index (κ1) is 25.3. The van der Waals surface area contributed by atoms with Gasteiger partial charge in [0, 0.05) is 19.6 Å². The fraction of sp³-hybridized carbons (Fsp3) is 0.350. The highest BCUT2D eigenvalue weighted by atomic mass is 127. The van der Waals surface area contributed by atoms with Crippen molar-refractivity contribution in [2.45, 2.75) is 26.9 Å². The summed E-state index contributed by atoms with van der Waals surface area (Å²) in [5, 5.41) is 6.05. The van der Waals surface area contributed by atoms with E-state index in [-0.39, 0.29) is 48.6 Å². The van der Waals surface area contributed by atoms with Gasteiger partial charge in [0.15, 0.2) is 5.96 Å². The van der Waals surface area contributed by atoms with Crippen LogP contribution in [0.15, 0.2) is 53.5 Å². The summed E-state index contributed by atoms with van der Waals surface area (Å²) in [5.41, 5.74) is 2.24. The molecule has 2 aromatic rings. The largest absolute Gasteiger partial charge is 0.357 e. The summed E-state index contributed by atoms with van der Waals surface area (Å²) in [6.45, 7) is 5.02. The van der Waals surface area contributed by atoms with E-state index in [1.54, 1.807) is 13.0 Å². The van der Waals surface area contributed by atoms with E-state index in [0.717, 1.165) is 11.1 Å². The average molecular weight is 534 g/mol. The Morgan fingerprint density at radius 3 is 2.45 bits per heavy atom. The molecule has 2 rings (SSSR count). The summed E-state index contributed by atoms with van der Waals surface area (Å²) in [5.74, 6) is 0.145. The number of rotatable bonds is 9. The Hall–Kier alpha value is -1.72. The zero-order valence-electron chi connectivity index (χ0n) is 16.6. The fourth-order valence-corrected chi connectivity index (χ4v) is 3.31. The van der Waals surface area contributed by atoms with Crippen molar-refractivity contribution in [3.8, 4) is 0 Å². The van der Waals surface area contributed by atoms with Gasteiger partial charge in [-0.15, -0.1) is 24.0 Å². The second kappa shape index (κ2) is 12.8. The molecule has 9 heteroatoms. The van der Waals surface area contributed by atoms with Crippen molar-refractivity contribution >= 4 is 40.0 Å². The molecule has 0 aliphatic carbocycles. The summed E-state index contributed by atoms with van der Waals surface area (Å²) in [7, 11) is -3.41. The molecule has 160 valence electrons. The molecule has 0 unspecified atom stereocenters. The third-order valence-corrected chi connectivity index (χ3v) is 5.33. The normalized spacial score (nSPS) is 11.6. The van der Waals surface area contributed by atoms with Crippen molar-refractivity contribution in [2.75, 3.05) is 18.8 Å². The molecule has 6 nitrogen and oxygen atoms in total. The molecule has 0 amide bonds. The van der Waals surface area contributed by atoms with E-state index in [4.69, 9.17) is 0 Å². The van der Waals surface area contributed by atoms with Gasteiger partial charge in [0.1, 0.15) is 5.82 Å². The Balaban J connectivity index is 0.00000420. The molecule has 0 fully saturated rings. The van der Waals surface area contributed by atoms with Gasteiger partial charge in [0.05, 0.1) is 12.3 Å². The smallest absolute Gasteiger partial charge is 0.213 e. The summed E-state index contributed by atoms with van der Waals surface area (Å²) < 4.78 is 40.5. The molecule has 0 aliphatic rings. The molecule has 0 bridgehead atoms. The highest BCUT2D eigenvalue weighted by Crippen LogP contribution is 2.09. The molecule has 0 atom stereocenters. The highest BCUT2D eigenvalue weighted by Gasteiger charge is 2.10. The lowest BCUT2D eigenvalue weighted by Crippen LogP contribution is -2.41. The third-order valence-electron chi connectivity index (χ3n) is 4.00. The number of benzene rings is 2. The van der Waals surface area contributed by atoms with E-state index in [2.05, 4.69) is 20.3 Å². The monoisotopic (exact) mass is 534 g/mol. The van der Waals surface area contributed by atoms with E-state index in [9.17, 15) is 12.8 Å². The second-order valence-corrected chi connectivity index (χ2v) is 8.26. The number of halogens is 2. The van der Waals surface area contributed by atoms with E-state index in [1.165, 1.54) is 6.07 Å². The molecule has 0 radical (unpaired) electrons. The Morgan fingerprint density at radius 2 is 1.79 bits per heavy atom. The SMILES string of the molecule is CCNC(=NCc1ccc(C)c(F)c1)NCCS(=O)(=O)NCc1ccccc1.I. The molecular weight excluding hydrogens is 506 g/mol. The van der Waals surface area contributed by atoms with E-state index in [0.29, 0.717) is 24.6 Å². The Labute approximate surface area is 189 Å². The van der Waals surface area contributed by atoms with Gasteiger partial charge in [-0.2, -0.15) is 0 Å². The van der Waals surface area contributed by atoms with Crippen LogP contribution in [0.25, 0.3) is 0 Å². The quantitative estimate of drug-likeness (QED) is 0.263. The summed E-state index contributed by atoms with van der Waals surface area (Å²) in [6, 6.07) is 14.3. The van der Waals surface area contributed by atoms with Crippen LogP contribution in [0.3, 0.4) is 0 Å². The van der Waals surface area contributed by atoms with Crippen LogP contribution in [0.4, 0.5) is 4.39 Å². The minimum Gasteiger partial charge on any atom is -0.357 e. The molecule has 29 heavy (non-hydrogen) atoms. The van der Waals surface area contributed by atoms with E-state index < -0.39 is 10.0 Å². The molecule has 0 heterocycles. The summed E-state index contributed by atoms with van der Waals surface area (Å²) in [4.78, 5) is 4.38. The summed E-state index contributed by atoms with van der Waals surface area (Å²) >= 11 is 0. The van der Waals surface area contributed by atoms with Gasteiger partial charge in [-0.05, 0) is 36.6 Å². The van der Waals surface area contributed by atoms with Crippen LogP contribution in [0, 0.1) is 12.7 Å². The van der Waals surface area contributed by atoms with Gasteiger partial charge in [-0.25, -0.2) is 22.5 Å². The summed E-state index contributed by atoms with van der Waals surface area (Å²) in [6.07, 6.45) is 0. The van der Waals surface area contributed by atoms with Crippen LogP contribution in [0.1, 0.15) is 23.6 Å². The van der Waals surface area contributed by atoms with Crippen molar-refractivity contribution in [2.24, 2.45) is 4.99 Å². The lowest BCUT2D eigenvalue weighted by molar-refractivity contribution is 0.580. The molecule has 0 saturated heterocycles. The number of aliphatic imine (C=N–C) groups is 1. The molecular formula is C20H28FIN4O2S. The van der Waals surface area contributed by atoms with Gasteiger partial charge in [0.2, 0.25) is 10.0 Å². The second-order valence-electron chi connectivity index (χ2n) is 6.33. The predicted octanol–water partition coefficient (Wildman–Crippen LogP) is 2.93. The van der Waals surface area contributed by atoms with Crippen molar-refractivity contribution in [3.63, 3.8) is 0 Å². The van der Waals surface area contributed by atoms with E-state index in [1.807, 2.05) is 43.3 Å². The number of hydrogen-bond donors (Lipinski definition) is 3. The number of guanidine groups is 1. The molecule has 2 aromatic carbocycles. The number of hydrogen-bond acceptors (Lipinski definition) is 3. The predicted molar refractivity (Wildman–Crippen MR) is 126 cm³/mol. The zero-order chi connectivity index (χ0) is 20.4. The third kappa shape index (κ3) is 9.55. The van der Waals surface area contributed by atoms with Crippen LogP contribution < -0.4 is 15.4 Å². The topological polar surface area (TPSA) is 82.6 Å². The van der Waals surface area contributed by atoms with Gasteiger partial charge in [-0.1, -0.05) is 42.5 Å². The van der Waals surface area contributed by atoms with Crippen LogP contribution in [-0.4, -0.2) is 33.2 Å². The molecule has 0 saturated carbocycles. The van der Waals surface area contributed by atoms with Crippen LogP contribution in [0.5, 0.6) is 0 Å². The Kier molecular flexibility index (Phi) is 11.1. The number of nitrogens with one attached hydrogen (secondary N) is 3. The first-order valence-corrected chi connectivity index (χ1v) is 10.8. The minimum absolute atomic E-state index is 0. The molecule has 3 N–H and O–H groups in total. The van der Waals surface area contributed by atoms with E-state index >= 15 is 0 Å². The number of aryl methyl sites for hydroxylation is 1. The van der Waals surface area contributed by atoms with Crippen LogP contribution >= 0.6 is 24.0 Å². The van der Waals surface area contributed by atoms with Gasteiger partial charge in [-0.3, -0.25) is 0 Å². The molecule has 0 spiro atoms. The standard InChI is InChI=1S/C20H27FN4O2S.HI/c1-3-22-20(24-14-18-10-9-16(2)19(21)13-18)23-11-12-28(26,27)25-15-17-7-5-4-6-8-17;/h4-10,13,25H,3,11-12,14-15H2,1-2H3,(H2,22,23,24);1H. The minimum atomic E-state index is -3.41. The number of nitrogens with zero attached hydrogens (tertiary/aromatic N) is 1.